The molecule has 0 radical (unpaired) electrons. The predicted octanol–water partition coefficient (Wildman–Crippen LogP) is 5.29. The Hall–Kier alpha value is -2.54. The smallest absolute Gasteiger partial charge is 0.131 e. The topological polar surface area (TPSA) is 20.2 Å². The fourth-order valence-electron chi connectivity index (χ4n) is 2.71. The summed E-state index contributed by atoms with van der Waals surface area (Å²) in [6.45, 7) is 2.11. The van der Waals surface area contributed by atoms with Gasteiger partial charge in [0.05, 0.1) is 0 Å². The highest BCUT2D eigenvalue weighted by atomic mass is 16.3. The van der Waals surface area contributed by atoms with Crippen LogP contribution in [0.2, 0.25) is 0 Å². The van der Waals surface area contributed by atoms with Gasteiger partial charge in [-0.3, -0.25) is 0 Å². The quantitative estimate of drug-likeness (QED) is 0.688. The van der Waals surface area contributed by atoms with Crippen LogP contribution in [0, 0.1) is 0 Å². The molecule has 3 aromatic carbocycles. The third kappa shape index (κ3) is 2.55. The first-order chi connectivity index (χ1) is 10.3. The van der Waals surface area contributed by atoms with E-state index in [2.05, 4.69) is 13.0 Å². The van der Waals surface area contributed by atoms with Gasteiger partial charge in [-0.1, -0.05) is 79.7 Å². The average molecular weight is 274 g/mol. The number of phenols is 1. The summed E-state index contributed by atoms with van der Waals surface area (Å²) in [5.41, 5.74) is 5.09. The zero-order chi connectivity index (χ0) is 14.7. The second-order valence-electron chi connectivity index (χ2n) is 5.08. The van der Waals surface area contributed by atoms with Gasteiger partial charge in [0.25, 0.3) is 0 Å². The Morgan fingerprint density at radius 3 is 1.86 bits per heavy atom. The highest BCUT2D eigenvalue weighted by molar-refractivity contribution is 5.84. The Bertz CT molecular complexity index is 731. The van der Waals surface area contributed by atoms with Gasteiger partial charge in [-0.25, -0.2) is 0 Å². The Morgan fingerprint density at radius 2 is 1.29 bits per heavy atom. The maximum atomic E-state index is 10.8. The van der Waals surface area contributed by atoms with Gasteiger partial charge in [0.2, 0.25) is 0 Å². The van der Waals surface area contributed by atoms with Crippen molar-refractivity contribution >= 4 is 0 Å². The van der Waals surface area contributed by atoms with Gasteiger partial charge >= 0.3 is 0 Å². The van der Waals surface area contributed by atoms with E-state index >= 15 is 0 Å². The van der Waals surface area contributed by atoms with Crippen molar-refractivity contribution in [3.05, 3.63) is 78.4 Å². The van der Waals surface area contributed by atoms with Gasteiger partial charge in [-0.2, -0.15) is 0 Å². The van der Waals surface area contributed by atoms with Crippen molar-refractivity contribution in [3.8, 4) is 28.0 Å². The molecule has 0 heterocycles. The Morgan fingerprint density at radius 1 is 0.714 bits per heavy atom. The van der Waals surface area contributed by atoms with Crippen molar-refractivity contribution in [2.45, 2.75) is 13.3 Å². The fraction of sp³-hybridized carbons (Fsp3) is 0.100. The first kappa shape index (κ1) is 13.4. The van der Waals surface area contributed by atoms with Gasteiger partial charge in [-0.15, -0.1) is 0 Å². The van der Waals surface area contributed by atoms with Gasteiger partial charge < -0.3 is 5.11 Å². The SMILES string of the molecule is CCc1ccc(-c2ccccc2)c(O)c1-c1ccccc1. The standard InChI is InChI=1S/C20H18O/c1-2-15-13-14-18(16-9-5-3-6-10-16)20(21)19(15)17-11-7-4-8-12-17/h3-14,21H,2H2,1H3. The molecule has 0 saturated heterocycles. The summed E-state index contributed by atoms with van der Waals surface area (Å²) in [6.07, 6.45) is 0.896. The molecule has 3 aromatic rings. The van der Waals surface area contributed by atoms with Crippen LogP contribution < -0.4 is 0 Å². The van der Waals surface area contributed by atoms with E-state index in [0.717, 1.165) is 28.7 Å². The summed E-state index contributed by atoms with van der Waals surface area (Å²) in [5, 5.41) is 10.8. The van der Waals surface area contributed by atoms with Crippen molar-refractivity contribution in [2.24, 2.45) is 0 Å². The molecular weight excluding hydrogens is 256 g/mol. The van der Waals surface area contributed by atoms with Crippen LogP contribution >= 0.6 is 0 Å². The molecule has 0 saturated carbocycles. The van der Waals surface area contributed by atoms with Gasteiger partial charge in [0.15, 0.2) is 0 Å². The lowest BCUT2D eigenvalue weighted by Crippen LogP contribution is -1.91. The molecule has 0 bridgehead atoms. The molecule has 0 fully saturated rings. The molecular formula is C20H18O. The first-order valence-electron chi connectivity index (χ1n) is 7.27. The molecule has 0 aromatic heterocycles. The predicted molar refractivity (Wildman–Crippen MR) is 88.4 cm³/mol. The van der Waals surface area contributed by atoms with E-state index in [-0.39, 0.29) is 0 Å². The maximum Gasteiger partial charge on any atom is 0.131 e. The third-order valence-electron chi connectivity index (χ3n) is 3.79. The van der Waals surface area contributed by atoms with Gasteiger partial charge in [0, 0.05) is 11.1 Å². The fourth-order valence-corrected chi connectivity index (χ4v) is 2.71. The van der Waals surface area contributed by atoms with Crippen LogP contribution in [-0.4, -0.2) is 5.11 Å². The minimum atomic E-state index is 0.367. The molecule has 0 aliphatic carbocycles. The van der Waals surface area contributed by atoms with Crippen LogP contribution in [0.15, 0.2) is 72.8 Å². The number of aryl methyl sites for hydroxylation is 1. The zero-order valence-corrected chi connectivity index (χ0v) is 12.1. The summed E-state index contributed by atoms with van der Waals surface area (Å²) in [7, 11) is 0. The average Bonchev–Trinajstić information content (AvgIpc) is 2.56. The number of phenolic OH excluding ortho intramolecular Hbond substituents is 1. The molecule has 1 nitrogen and oxygen atoms in total. The first-order valence-corrected chi connectivity index (χ1v) is 7.27. The summed E-state index contributed by atoms with van der Waals surface area (Å²) < 4.78 is 0. The molecule has 3 rings (SSSR count). The van der Waals surface area contributed by atoms with Gasteiger partial charge in [-0.05, 0) is 23.1 Å². The molecule has 0 spiro atoms. The molecule has 1 N–H and O–H groups in total. The van der Waals surface area contributed by atoms with Crippen molar-refractivity contribution in [3.63, 3.8) is 0 Å². The Labute approximate surface area is 125 Å². The van der Waals surface area contributed by atoms with Crippen LogP contribution in [0.4, 0.5) is 0 Å². The summed E-state index contributed by atoms with van der Waals surface area (Å²) >= 11 is 0. The van der Waals surface area contributed by atoms with Crippen LogP contribution in [0.25, 0.3) is 22.3 Å². The summed E-state index contributed by atoms with van der Waals surface area (Å²) in [4.78, 5) is 0. The number of hydrogen-bond donors (Lipinski definition) is 1. The monoisotopic (exact) mass is 274 g/mol. The normalized spacial score (nSPS) is 10.5. The molecule has 0 aliphatic heterocycles. The van der Waals surface area contributed by atoms with Crippen LogP contribution in [-0.2, 0) is 6.42 Å². The van der Waals surface area contributed by atoms with Crippen LogP contribution in [0.3, 0.4) is 0 Å². The highest BCUT2D eigenvalue weighted by Crippen LogP contribution is 2.40. The van der Waals surface area contributed by atoms with Gasteiger partial charge in [0.1, 0.15) is 5.75 Å². The summed E-state index contributed by atoms with van der Waals surface area (Å²) in [5.74, 6) is 0.367. The highest BCUT2D eigenvalue weighted by Gasteiger charge is 2.14. The number of aromatic hydroxyl groups is 1. The largest absolute Gasteiger partial charge is 0.507 e. The van der Waals surface area contributed by atoms with Crippen molar-refractivity contribution < 1.29 is 5.11 Å². The lowest BCUT2D eigenvalue weighted by molar-refractivity contribution is 0.478. The molecule has 0 atom stereocenters. The molecule has 0 aliphatic rings. The van der Waals surface area contributed by atoms with E-state index in [1.807, 2.05) is 66.7 Å². The van der Waals surface area contributed by atoms with E-state index in [9.17, 15) is 5.11 Å². The van der Waals surface area contributed by atoms with E-state index in [0.29, 0.717) is 5.75 Å². The van der Waals surface area contributed by atoms with Crippen LogP contribution in [0.5, 0.6) is 5.75 Å². The minimum Gasteiger partial charge on any atom is -0.507 e. The molecule has 1 heteroatoms. The van der Waals surface area contributed by atoms with E-state index in [4.69, 9.17) is 0 Å². The number of rotatable bonds is 3. The Kier molecular flexibility index (Phi) is 3.74. The molecule has 21 heavy (non-hydrogen) atoms. The third-order valence-corrected chi connectivity index (χ3v) is 3.79. The Balaban J connectivity index is 2.23. The van der Waals surface area contributed by atoms with E-state index < -0.39 is 0 Å². The van der Waals surface area contributed by atoms with Crippen molar-refractivity contribution in [1.82, 2.24) is 0 Å². The summed E-state index contributed by atoms with van der Waals surface area (Å²) in [6, 6.07) is 24.2. The molecule has 0 unspecified atom stereocenters. The maximum absolute atomic E-state index is 10.8. The lowest BCUT2D eigenvalue weighted by Gasteiger charge is -2.14. The zero-order valence-electron chi connectivity index (χ0n) is 12.1. The minimum absolute atomic E-state index is 0.367. The van der Waals surface area contributed by atoms with E-state index in [1.54, 1.807) is 0 Å². The van der Waals surface area contributed by atoms with Crippen molar-refractivity contribution in [2.75, 3.05) is 0 Å². The lowest BCUT2D eigenvalue weighted by atomic mass is 9.92. The second kappa shape index (κ2) is 5.84. The second-order valence-corrected chi connectivity index (χ2v) is 5.08. The van der Waals surface area contributed by atoms with Crippen molar-refractivity contribution in [1.29, 1.82) is 0 Å². The van der Waals surface area contributed by atoms with E-state index in [1.165, 1.54) is 5.56 Å². The molecule has 104 valence electrons. The number of benzene rings is 3. The van der Waals surface area contributed by atoms with Crippen LogP contribution in [0.1, 0.15) is 12.5 Å². The molecule has 0 amide bonds. The number of hydrogen-bond acceptors (Lipinski definition) is 1.